The first-order chi connectivity index (χ1) is 9.58. The van der Waals surface area contributed by atoms with Crippen LogP contribution in [0.3, 0.4) is 0 Å². The fourth-order valence-electron chi connectivity index (χ4n) is 3.30. The Bertz CT molecular complexity index is 533. The van der Waals surface area contributed by atoms with Crippen LogP contribution in [0.5, 0.6) is 0 Å². The zero-order chi connectivity index (χ0) is 14.3. The van der Waals surface area contributed by atoms with Gasteiger partial charge in [0.15, 0.2) is 0 Å². The summed E-state index contributed by atoms with van der Waals surface area (Å²) in [7, 11) is 0. The first-order valence-electron chi connectivity index (χ1n) is 7.09. The van der Waals surface area contributed by atoms with Crippen molar-refractivity contribution in [2.24, 2.45) is 0 Å². The highest BCUT2D eigenvalue weighted by molar-refractivity contribution is 5.79. The molecule has 0 spiro atoms. The van der Waals surface area contributed by atoms with Gasteiger partial charge in [-0.05, 0) is 25.5 Å². The van der Waals surface area contributed by atoms with E-state index in [1.807, 2.05) is 11.0 Å². The average Bonchev–Trinajstić information content (AvgIpc) is 2.79. The average molecular weight is 278 g/mol. The van der Waals surface area contributed by atoms with Crippen LogP contribution in [0.2, 0.25) is 0 Å². The predicted molar refractivity (Wildman–Crippen MR) is 74.0 cm³/mol. The predicted octanol–water partition coefficient (Wildman–Crippen LogP) is 1.69. The van der Waals surface area contributed by atoms with E-state index in [9.17, 15) is 14.3 Å². The van der Waals surface area contributed by atoms with Crippen molar-refractivity contribution in [2.75, 3.05) is 24.5 Å². The molecule has 2 atom stereocenters. The smallest absolute Gasteiger partial charge is 0.223 e. The van der Waals surface area contributed by atoms with Crippen LogP contribution in [0, 0.1) is 5.82 Å². The quantitative estimate of drug-likeness (QED) is 0.895. The topological polar surface area (TPSA) is 43.8 Å². The number of rotatable bonds is 2. The molecule has 5 heteroatoms. The van der Waals surface area contributed by atoms with Gasteiger partial charge in [-0.2, -0.15) is 0 Å². The summed E-state index contributed by atoms with van der Waals surface area (Å²) in [6.45, 7) is 3.66. The summed E-state index contributed by atoms with van der Waals surface area (Å²) in [5, 5.41) is 9.81. The largest absolute Gasteiger partial charge is 0.389 e. The molecule has 3 rings (SSSR count). The molecule has 1 amide bonds. The van der Waals surface area contributed by atoms with E-state index in [-0.39, 0.29) is 17.8 Å². The van der Waals surface area contributed by atoms with E-state index < -0.39 is 6.10 Å². The van der Waals surface area contributed by atoms with Gasteiger partial charge >= 0.3 is 0 Å². The summed E-state index contributed by atoms with van der Waals surface area (Å²) < 4.78 is 13.9. The molecule has 20 heavy (non-hydrogen) atoms. The molecule has 2 aliphatic rings. The molecule has 0 saturated carbocycles. The van der Waals surface area contributed by atoms with E-state index in [4.69, 9.17) is 0 Å². The number of amides is 1. The van der Waals surface area contributed by atoms with Crippen molar-refractivity contribution >= 4 is 11.6 Å². The Balaban J connectivity index is 1.88. The molecule has 1 N–H and O–H groups in total. The third-order valence-corrected chi connectivity index (χ3v) is 4.28. The van der Waals surface area contributed by atoms with Gasteiger partial charge < -0.3 is 14.9 Å². The highest BCUT2D eigenvalue weighted by atomic mass is 19.1. The lowest BCUT2D eigenvalue weighted by atomic mass is 10.0. The van der Waals surface area contributed by atoms with Gasteiger partial charge in [0.05, 0.1) is 6.10 Å². The molecule has 4 nitrogen and oxygen atoms in total. The van der Waals surface area contributed by atoms with Crippen LogP contribution >= 0.6 is 0 Å². The third-order valence-electron chi connectivity index (χ3n) is 4.28. The monoisotopic (exact) mass is 278 g/mol. The minimum atomic E-state index is -0.838. The lowest BCUT2D eigenvalue weighted by Crippen LogP contribution is -2.51. The Morgan fingerprint density at radius 1 is 1.40 bits per heavy atom. The van der Waals surface area contributed by atoms with Gasteiger partial charge in [-0.15, -0.1) is 0 Å². The minimum Gasteiger partial charge on any atom is -0.389 e. The minimum absolute atomic E-state index is 0.223. The van der Waals surface area contributed by atoms with Gasteiger partial charge in [0.2, 0.25) is 5.91 Å². The molecule has 2 saturated heterocycles. The van der Waals surface area contributed by atoms with Crippen LogP contribution in [0.1, 0.15) is 31.4 Å². The number of fused-ring (bicyclic) bond motifs is 1. The van der Waals surface area contributed by atoms with Crippen molar-refractivity contribution < 1.29 is 14.3 Å². The summed E-state index contributed by atoms with van der Waals surface area (Å²) in [5.41, 5.74) is 1.10. The van der Waals surface area contributed by atoms with Crippen LogP contribution in [-0.2, 0) is 4.79 Å². The van der Waals surface area contributed by atoms with Crippen molar-refractivity contribution in [3.63, 3.8) is 0 Å². The standard InChI is InChI=1S/C15H19FN2O2/c1-10(19)15-12(16)3-2-4-13(15)17-7-8-18-11(9-17)5-6-14(18)20/h2-4,10-11,19H,5-9H2,1H3/t10-,11?/m0/s1. The molecular formula is C15H19FN2O2. The van der Waals surface area contributed by atoms with Gasteiger partial charge in [0.1, 0.15) is 5.82 Å². The molecule has 0 radical (unpaired) electrons. The normalized spacial score (nSPS) is 23.9. The van der Waals surface area contributed by atoms with Gasteiger partial charge in [-0.25, -0.2) is 4.39 Å². The molecule has 2 fully saturated rings. The van der Waals surface area contributed by atoms with Gasteiger partial charge in [0, 0.05) is 43.3 Å². The first kappa shape index (κ1) is 13.4. The summed E-state index contributed by atoms with van der Waals surface area (Å²) >= 11 is 0. The van der Waals surface area contributed by atoms with Crippen LogP contribution in [0.4, 0.5) is 10.1 Å². The number of aliphatic hydroxyl groups is 1. The van der Waals surface area contributed by atoms with Crippen LogP contribution in [0.25, 0.3) is 0 Å². The van der Waals surface area contributed by atoms with Crippen LogP contribution in [-0.4, -0.2) is 41.6 Å². The summed E-state index contributed by atoms with van der Waals surface area (Å²) in [4.78, 5) is 15.7. The van der Waals surface area contributed by atoms with E-state index >= 15 is 0 Å². The number of hydrogen-bond donors (Lipinski definition) is 1. The number of carbonyl (C=O) groups excluding carboxylic acids is 1. The van der Waals surface area contributed by atoms with Crippen LogP contribution in [0.15, 0.2) is 18.2 Å². The fourth-order valence-corrected chi connectivity index (χ4v) is 3.30. The van der Waals surface area contributed by atoms with Gasteiger partial charge in [-0.3, -0.25) is 4.79 Å². The molecule has 1 aromatic carbocycles. The molecule has 1 unspecified atom stereocenters. The Kier molecular flexibility index (Phi) is 3.38. The molecule has 0 aliphatic carbocycles. The highest BCUT2D eigenvalue weighted by Crippen LogP contribution is 2.32. The van der Waals surface area contributed by atoms with Crippen molar-refractivity contribution in [3.05, 3.63) is 29.6 Å². The summed E-state index contributed by atoms with van der Waals surface area (Å²) in [6.07, 6.45) is 0.647. The number of carbonyl (C=O) groups is 1. The highest BCUT2D eigenvalue weighted by Gasteiger charge is 2.36. The number of halogens is 1. The van der Waals surface area contributed by atoms with E-state index in [0.717, 1.165) is 18.7 Å². The number of aliphatic hydroxyl groups excluding tert-OH is 1. The lowest BCUT2D eigenvalue weighted by Gasteiger charge is -2.39. The van der Waals surface area contributed by atoms with E-state index in [2.05, 4.69) is 4.90 Å². The zero-order valence-electron chi connectivity index (χ0n) is 11.6. The molecule has 0 aromatic heterocycles. The maximum atomic E-state index is 13.9. The van der Waals surface area contributed by atoms with Crippen molar-refractivity contribution in [1.82, 2.24) is 4.90 Å². The molecular weight excluding hydrogens is 259 g/mol. The number of anilines is 1. The first-order valence-corrected chi connectivity index (χ1v) is 7.09. The fraction of sp³-hybridized carbons (Fsp3) is 0.533. The second kappa shape index (κ2) is 5.05. The molecule has 2 heterocycles. The summed E-state index contributed by atoms with van der Waals surface area (Å²) in [6, 6.07) is 5.11. The van der Waals surface area contributed by atoms with Gasteiger partial charge in [0.25, 0.3) is 0 Å². The van der Waals surface area contributed by atoms with Gasteiger partial charge in [-0.1, -0.05) is 6.07 Å². The molecule has 2 aliphatic heterocycles. The van der Waals surface area contributed by atoms with Crippen LogP contribution < -0.4 is 4.90 Å². The molecule has 108 valence electrons. The second-order valence-electron chi connectivity index (χ2n) is 5.57. The Morgan fingerprint density at radius 2 is 2.20 bits per heavy atom. The molecule has 0 bridgehead atoms. The molecule has 1 aromatic rings. The SMILES string of the molecule is C[C@H](O)c1c(F)cccc1N1CCN2C(=O)CCC2C1. The van der Waals surface area contributed by atoms with E-state index in [1.165, 1.54) is 6.07 Å². The maximum absolute atomic E-state index is 13.9. The Hall–Kier alpha value is -1.62. The van der Waals surface area contributed by atoms with Crippen molar-refractivity contribution in [2.45, 2.75) is 31.9 Å². The number of nitrogens with zero attached hydrogens (tertiary/aromatic N) is 2. The zero-order valence-corrected chi connectivity index (χ0v) is 11.6. The number of piperazine rings is 1. The summed E-state index contributed by atoms with van der Waals surface area (Å²) in [5.74, 6) is -0.146. The van der Waals surface area contributed by atoms with Crippen molar-refractivity contribution in [3.8, 4) is 0 Å². The Labute approximate surface area is 117 Å². The number of benzene rings is 1. The van der Waals surface area contributed by atoms with E-state index in [1.54, 1.807) is 13.0 Å². The number of hydrogen-bond acceptors (Lipinski definition) is 3. The lowest BCUT2D eigenvalue weighted by molar-refractivity contribution is -0.129. The second-order valence-corrected chi connectivity index (χ2v) is 5.57. The van der Waals surface area contributed by atoms with Crippen molar-refractivity contribution in [1.29, 1.82) is 0 Å². The maximum Gasteiger partial charge on any atom is 0.223 e. The third kappa shape index (κ3) is 2.16. The van der Waals surface area contributed by atoms with E-state index in [0.29, 0.717) is 25.1 Å². The Morgan fingerprint density at radius 3 is 2.95 bits per heavy atom.